The normalized spacial score (nSPS) is 15.5. The van der Waals surface area contributed by atoms with Gasteiger partial charge in [0.25, 0.3) is 11.5 Å². The highest BCUT2D eigenvalue weighted by Crippen LogP contribution is 2.37. The van der Waals surface area contributed by atoms with E-state index in [1.54, 1.807) is 37.4 Å². The van der Waals surface area contributed by atoms with Gasteiger partial charge >= 0.3 is 5.97 Å². The zero-order valence-electron chi connectivity index (χ0n) is 21.1. The first-order chi connectivity index (χ1) is 18.4. The number of carboxylic acids is 1. The molecule has 0 radical (unpaired) electrons. The second-order valence-corrected chi connectivity index (χ2v) is 9.58. The molecule has 1 unspecified atom stereocenters. The zero-order valence-corrected chi connectivity index (χ0v) is 21.1. The van der Waals surface area contributed by atoms with Gasteiger partial charge in [-0.25, -0.2) is 9.99 Å². The molecule has 0 fully saturated rings. The van der Waals surface area contributed by atoms with E-state index < -0.39 is 23.4 Å². The number of carbonyl (C=O) groups excluding carboxylic acids is 1. The molecular formula is C30H26N4O4. The maximum Gasteiger partial charge on any atom is 0.314 e. The van der Waals surface area contributed by atoms with Crippen LogP contribution in [0.2, 0.25) is 0 Å². The van der Waals surface area contributed by atoms with E-state index in [9.17, 15) is 19.5 Å². The van der Waals surface area contributed by atoms with Crippen molar-refractivity contribution in [1.29, 1.82) is 0 Å². The molecule has 0 saturated carbocycles. The molecule has 1 N–H and O–H groups in total. The number of aliphatic carboxylic acids is 1. The fourth-order valence-electron chi connectivity index (χ4n) is 5.52. The Morgan fingerprint density at radius 3 is 2.55 bits per heavy atom. The number of rotatable bonds is 5. The standard InChI is InChI=1S/C30H26N4O4/c1-3-21(30(37)38)27-31-24-15-8-7-13-22(24)29(36)34(27)32-17-25(19-10-5-4-6-11-19)33-18(2)16-20-12-9-14-23(26(20)33)28(32)35/h4-8,10-11,13-17,21H,3,9,12H2,1-2H3,(H,37,38). The van der Waals surface area contributed by atoms with E-state index >= 15 is 0 Å². The summed E-state index contributed by atoms with van der Waals surface area (Å²) in [6, 6.07) is 18.6. The molecule has 6 rings (SSSR count). The SMILES string of the molecule is CCC(C(=O)O)c1nc2ccccc2c(=O)n1N1C=C(c2ccccc2)n2c(C)cc3c2C(=CCC3)C1=O. The fraction of sp³-hybridized carbons (Fsp3) is 0.200. The number of carbonyl (C=O) groups is 2. The monoisotopic (exact) mass is 506 g/mol. The van der Waals surface area contributed by atoms with Gasteiger partial charge in [-0.05, 0) is 49.9 Å². The summed E-state index contributed by atoms with van der Waals surface area (Å²) in [4.78, 5) is 45.3. The Balaban J connectivity index is 1.72. The number of carboxylic acid groups (broad SMARTS) is 1. The minimum Gasteiger partial charge on any atom is -0.481 e. The maximum absolute atomic E-state index is 14.3. The summed E-state index contributed by atoms with van der Waals surface area (Å²) >= 11 is 0. The summed E-state index contributed by atoms with van der Waals surface area (Å²) in [7, 11) is 0. The van der Waals surface area contributed by atoms with E-state index in [-0.39, 0.29) is 12.2 Å². The van der Waals surface area contributed by atoms with Crippen molar-refractivity contribution in [3.63, 3.8) is 0 Å². The van der Waals surface area contributed by atoms with Gasteiger partial charge in [0.05, 0.1) is 34.1 Å². The number of amides is 1. The first kappa shape index (κ1) is 23.7. The quantitative estimate of drug-likeness (QED) is 0.432. The molecule has 1 atom stereocenters. The van der Waals surface area contributed by atoms with Crippen molar-refractivity contribution in [2.75, 3.05) is 5.01 Å². The number of aryl methyl sites for hydroxylation is 2. The second kappa shape index (κ2) is 8.99. The van der Waals surface area contributed by atoms with Crippen LogP contribution in [0.4, 0.5) is 0 Å². The molecular weight excluding hydrogens is 480 g/mol. The summed E-state index contributed by atoms with van der Waals surface area (Å²) in [6.07, 6.45) is 5.24. The third-order valence-corrected chi connectivity index (χ3v) is 7.29. The molecule has 2 aromatic carbocycles. The van der Waals surface area contributed by atoms with Crippen LogP contribution in [-0.2, 0) is 16.0 Å². The molecule has 8 nitrogen and oxygen atoms in total. The second-order valence-electron chi connectivity index (χ2n) is 9.58. The third-order valence-electron chi connectivity index (χ3n) is 7.29. The molecule has 190 valence electrons. The van der Waals surface area contributed by atoms with Gasteiger partial charge in [-0.2, -0.15) is 4.68 Å². The van der Waals surface area contributed by atoms with E-state index in [2.05, 4.69) is 15.6 Å². The molecule has 0 spiro atoms. The topological polar surface area (TPSA) is 97.4 Å². The summed E-state index contributed by atoms with van der Waals surface area (Å²) in [6.45, 7) is 3.73. The van der Waals surface area contributed by atoms with Gasteiger partial charge in [0.15, 0.2) is 0 Å². The van der Waals surface area contributed by atoms with Crippen LogP contribution in [0, 0.1) is 6.92 Å². The molecule has 1 amide bonds. The van der Waals surface area contributed by atoms with Crippen molar-refractivity contribution in [3.8, 4) is 0 Å². The molecule has 2 aliphatic rings. The van der Waals surface area contributed by atoms with Crippen LogP contribution in [-0.4, -0.2) is 31.2 Å². The first-order valence-corrected chi connectivity index (χ1v) is 12.7. The molecule has 1 aliphatic carbocycles. The molecule has 0 bridgehead atoms. The zero-order chi connectivity index (χ0) is 26.6. The van der Waals surface area contributed by atoms with Gasteiger partial charge in [-0.3, -0.25) is 14.4 Å². The third kappa shape index (κ3) is 3.52. The molecule has 38 heavy (non-hydrogen) atoms. The van der Waals surface area contributed by atoms with Gasteiger partial charge in [0.1, 0.15) is 11.7 Å². The highest BCUT2D eigenvalue weighted by molar-refractivity contribution is 6.26. The van der Waals surface area contributed by atoms with Crippen LogP contribution in [0.15, 0.2) is 77.7 Å². The van der Waals surface area contributed by atoms with Crippen LogP contribution in [0.3, 0.4) is 0 Å². The van der Waals surface area contributed by atoms with E-state index in [0.717, 1.165) is 33.6 Å². The smallest absolute Gasteiger partial charge is 0.314 e. The summed E-state index contributed by atoms with van der Waals surface area (Å²) in [5.41, 5.74) is 4.78. The largest absolute Gasteiger partial charge is 0.481 e. The summed E-state index contributed by atoms with van der Waals surface area (Å²) in [5.74, 6) is -2.59. The lowest BCUT2D eigenvalue weighted by Gasteiger charge is -2.26. The van der Waals surface area contributed by atoms with Crippen molar-refractivity contribution in [2.24, 2.45) is 0 Å². The number of allylic oxidation sites excluding steroid dienone is 1. The Morgan fingerprint density at radius 1 is 1.08 bits per heavy atom. The Morgan fingerprint density at radius 2 is 1.82 bits per heavy atom. The molecule has 2 aromatic heterocycles. The number of para-hydroxylation sites is 1. The van der Waals surface area contributed by atoms with Crippen molar-refractivity contribution >= 4 is 34.0 Å². The van der Waals surface area contributed by atoms with Crippen LogP contribution in [0.5, 0.6) is 0 Å². The molecule has 3 heterocycles. The van der Waals surface area contributed by atoms with Crippen LogP contribution < -0.4 is 10.6 Å². The predicted octanol–water partition coefficient (Wildman–Crippen LogP) is 4.44. The fourth-order valence-corrected chi connectivity index (χ4v) is 5.52. The number of benzene rings is 2. The number of aromatic nitrogens is 3. The Kier molecular flexibility index (Phi) is 5.60. The summed E-state index contributed by atoms with van der Waals surface area (Å²) < 4.78 is 3.22. The van der Waals surface area contributed by atoms with Gasteiger partial charge in [-0.15, -0.1) is 0 Å². The predicted molar refractivity (Wildman–Crippen MR) is 145 cm³/mol. The highest BCUT2D eigenvalue weighted by Gasteiger charge is 2.36. The average Bonchev–Trinajstić information content (AvgIpc) is 3.19. The van der Waals surface area contributed by atoms with E-state index in [1.165, 1.54) is 5.01 Å². The van der Waals surface area contributed by atoms with Crippen molar-refractivity contribution < 1.29 is 14.7 Å². The van der Waals surface area contributed by atoms with Crippen LogP contribution in [0.25, 0.3) is 22.2 Å². The van der Waals surface area contributed by atoms with E-state index in [0.29, 0.717) is 28.6 Å². The number of hydrogen-bond donors (Lipinski definition) is 1. The Bertz CT molecular complexity index is 1740. The molecule has 8 heteroatoms. The van der Waals surface area contributed by atoms with Gasteiger partial charge in [0.2, 0.25) is 0 Å². The highest BCUT2D eigenvalue weighted by atomic mass is 16.4. The van der Waals surface area contributed by atoms with E-state index in [1.807, 2.05) is 43.3 Å². The number of hydrogen-bond acceptors (Lipinski definition) is 4. The molecule has 1 aliphatic heterocycles. The van der Waals surface area contributed by atoms with E-state index in [4.69, 9.17) is 0 Å². The summed E-state index contributed by atoms with van der Waals surface area (Å²) in [5, 5.41) is 11.6. The Labute approximate surface area is 218 Å². The first-order valence-electron chi connectivity index (χ1n) is 12.7. The number of nitrogens with zero attached hydrogens (tertiary/aromatic N) is 4. The molecule has 0 saturated heterocycles. The maximum atomic E-state index is 14.3. The lowest BCUT2D eigenvalue weighted by molar-refractivity contribution is -0.139. The lowest BCUT2D eigenvalue weighted by Crippen LogP contribution is -2.46. The Hall–Kier alpha value is -4.72. The van der Waals surface area contributed by atoms with Gasteiger partial charge in [0, 0.05) is 11.3 Å². The minimum absolute atomic E-state index is 0.0145. The van der Waals surface area contributed by atoms with Crippen molar-refractivity contribution in [1.82, 2.24) is 14.2 Å². The average molecular weight is 507 g/mol. The van der Waals surface area contributed by atoms with Crippen LogP contribution in [0.1, 0.15) is 54.0 Å². The lowest BCUT2D eigenvalue weighted by atomic mass is 9.96. The number of fused-ring (bicyclic) bond motifs is 1. The van der Waals surface area contributed by atoms with Crippen molar-refractivity contribution in [3.05, 3.63) is 112 Å². The van der Waals surface area contributed by atoms with Crippen LogP contribution >= 0.6 is 0 Å². The minimum atomic E-state index is -1.11. The molecule has 4 aromatic rings. The van der Waals surface area contributed by atoms with Gasteiger partial charge < -0.3 is 9.67 Å². The van der Waals surface area contributed by atoms with Gasteiger partial charge in [-0.1, -0.05) is 55.5 Å². The van der Waals surface area contributed by atoms with Crippen molar-refractivity contribution in [2.45, 2.75) is 39.0 Å².